The number of aryl methyl sites for hydroxylation is 1. The van der Waals surface area contributed by atoms with Crippen molar-refractivity contribution in [3.05, 3.63) is 70.9 Å². The number of carbonyl (C=O) groups excluding carboxylic acids is 2. The zero-order valence-electron chi connectivity index (χ0n) is 15.6. The van der Waals surface area contributed by atoms with Gasteiger partial charge < -0.3 is 4.57 Å². The number of amides is 2. The molecule has 2 N–H and O–H groups in total. The normalized spacial score (nSPS) is 10.9. The molecular formula is C20H18N6O3. The van der Waals surface area contributed by atoms with Gasteiger partial charge in [0.2, 0.25) is 5.91 Å². The van der Waals surface area contributed by atoms with E-state index < -0.39 is 17.4 Å². The zero-order chi connectivity index (χ0) is 20.4. The van der Waals surface area contributed by atoms with Crippen molar-refractivity contribution in [2.75, 3.05) is 0 Å². The van der Waals surface area contributed by atoms with Gasteiger partial charge >= 0.3 is 0 Å². The fourth-order valence-corrected chi connectivity index (χ4v) is 3.14. The van der Waals surface area contributed by atoms with Crippen LogP contribution in [0.2, 0.25) is 0 Å². The molecule has 0 radical (unpaired) electrons. The van der Waals surface area contributed by atoms with Crippen molar-refractivity contribution in [2.24, 2.45) is 7.05 Å². The van der Waals surface area contributed by atoms with Crippen LogP contribution < -0.4 is 16.4 Å². The van der Waals surface area contributed by atoms with Crippen molar-refractivity contribution in [1.29, 1.82) is 0 Å². The second-order valence-electron chi connectivity index (χ2n) is 6.52. The van der Waals surface area contributed by atoms with Gasteiger partial charge in [-0.15, -0.1) is 0 Å². The molecule has 0 fully saturated rings. The monoisotopic (exact) mass is 390 g/mol. The Labute approximate surface area is 165 Å². The number of fused-ring (bicyclic) bond motifs is 2. The topological polar surface area (TPSA) is 111 Å². The summed E-state index contributed by atoms with van der Waals surface area (Å²) >= 11 is 0. The van der Waals surface area contributed by atoms with Crippen LogP contribution in [0.3, 0.4) is 0 Å². The van der Waals surface area contributed by atoms with E-state index in [-0.39, 0.29) is 13.0 Å². The summed E-state index contributed by atoms with van der Waals surface area (Å²) in [5, 5.41) is 0. The molecule has 0 aliphatic rings. The van der Waals surface area contributed by atoms with Gasteiger partial charge in [-0.2, -0.15) is 0 Å². The second-order valence-corrected chi connectivity index (χ2v) is 6.52. The van der Waals surface area contributed by atoms with Crippen molar-refractivity contribution < 1.29 is 9.59 Å². The van der Waals surface area contributed by atoms with Gasteiger partial charge in [-0.3, -0.25) is 29.8 Å². The summed E-state index contributed by atoms with van der Waals surface area (Å²) in [5.41, 5.74) is 7.17. The Hall–Kier alpha value is -4.01. The van der Waals surface area contributed by atoms with Gasteiger partial charge in [0.05, 0.1) is 34.7 Å². The van der Waals surface area contributed by atoms with Gasteiger partial charge in [0.25, 0.3) is 11.5 Å². The molecule has 2 aromatic carbocycles. The van der Waals surface area contributed by atoms with Crippen molar-refractivity contribution in [3.8, 4) is 0 Å². The lowest BCUT2D eigenvalue weighted by atomic mass is 10.3. The summed E-state index contributed by atoms with van der Waals surface area (Å²) in [7, 11) is 1.83. The van der Waals surface area contributed by atoms with Crippen LogP contribution in [0.5, 0.6) is 0 Å². The molecule has 0 atom stereocenters. The predicted molar refractivity (Wildman–Crippen MR) is 107 cm³/mol. The highest BCUT2D eigenvalue weighted by Gasteiger charge is 2.13. The molecule has 146 valence electrons. The Morgan fingerprint density at radius 3 is 2.34 bits per heavy atom. The van der Waals surface area contributed by atoms with Gasteiger partial charge in [-0.1, -0.05) is 24.3 Å². The SMILES string of the molecule is Cn1c(CC(=O)NNC(=O)Cn2c(=O)cnc3ccccc32)nc2ccccc21. The summed E-state index contributed by atoms with van der Waals surface area (Å²) in [4.78, 5) is 45.0. The fraction of sp³-hybridized carbons (Fsp3) is 0.150. The maximum atomic E-state index is 12.2. The molecule has 0 bridgehead atoms. The number of hydrazine groups is 1. The Kier molecular flexibility index (Phi) is 4.78. The van der Waals surface area contributed by atoms with Crippen LogP contribution in [-0.2, 0) is 29.6 Å². The van der Waals surface area contributed by atoms with Crippen LogP contribution in [0.25, 0.3) is 22.1 Å². The van der Waals surface area contributed by atoms with Crippen LogP contribution in [-0.4, -0.2) is 30.9 Å². The van der Waals surface area contributed by atoms with Crippen LogP contribution in [0.15, 0.2) is 59.5 Å². The first-order valence-electron chi connectivity index (χ1n) is 8.95. The third-order valence-electron chi connectivity index (χ3n) is 4.59. The van der Waals surface area contributed by atoms with Crippen molar-refractivity contribution in [2.45, 2.75) is 13.0 Å². The summed E-state index contributed by atoms with van der Waals surface area (Å²) < 4.78 is 3.13. The maximum absolute atomic E-state index is 12.2. The Morgan fingerprint density at radius 2 is 1.59 bits per heavy atom. The van der Waals surface area contributed by atoms with Crippen molar-refractivity contribution in [1.82, 2.24) is 30.0 Å². The average Bonchev–Trinajstić information content (AvgIpc) is 3.04. The van der Waals surface area contributed by atoms with E-state index in [1.807, 2.05) is 35.9 Å². The van der Waals surface area contributed by atoms with Gasteiger partial charge in [0, 0.05) is 7.05 Å². The first kappa shape index (κ1) is 18.4. The Morgan fingerprint density at radius 1 is 0.931 bits per heavy atom. The zero-order valence-corrected chi connectivity index (χ0v) is 15.6. The first-order chi connectivity index (χ1) is 14.0. The number of benzene rings is 2. The minimum Gasteiger partial charge on any atom is -0.331 e. The van der Waals surface area contributed by atoms with E-state index in [0.29, 0.717) is 16.9 Å². The number of carbonyl (C=O) groups is 2. The molecule has 9 nitrogen and oxygen atoms in total. The third-order valence-corrected chi connectivity index (χ3v) is 4.59. The van der Waals surface area contributed by atoms with Crippen molar-refractivity contribution >= 4 is 33.9 Å². The van der Waals surface area contributed by atoms with E-state index in [1.54, 1.807) is 24.3 Å². The first-order valence-corrected chi connectivity index (χ1v) is 8.95. The lowest BCUT2D eigenvalue weighted by Crippen LogP contribution is -2.45. The Bertz CT molecular complexity index is 1290. The summed E-state index contributed by atoms with van der Waals surface area (Å²) in [6.45, 7) is -0.242. The average molecular weight is 390 g/mol. The maximum Gasteiger partial charge on any atom is 0.269 e. The molecule has 0 unspecified atom stereocenters. The number of nitrogens with zero attached hydrogens (tertiary/aromatic N) is 4. The minimum atomic E-state index is -0.526. The number of imidazole rings is 1. The standard InChI is InChI=1S/C20H18N6O3/c1-25-15-8-4-3-7-14(15)22-17(25)10-18(27)23-24-19(28)12-26-16-9-5-2-6-13(16)21-11-20(26)29/h2-9,11H,10,12H2,1H3,(H,23,27)(H,24,28). The van der Waals surface area contributed by atoms with E-state index in [2.05, 4.69) is 20.8 Å². The number of hydrogen-bond acceptors (Lipinski definition) is 5. The lowest BCUT2D eigenvalue weighted by molar-refractivity contribution is -0.129. The number of nitrogens with one attached hydrogen (secondary N) is 2. The minimum absolute atomic E-state index is 0.00357. The van der Waals surface area contributed by atoms with E-state index in [9.17, 15) is 14.4 Å². The highest BCUT2D eigenvalue weighted by molar-refractivity contribution is 5.85. The van der Waals surface area contributed by atoms with Crippen molar-refractivity contribution in [3.63, 3.8) is 0 Å². The Balaban J connectivity index is 1.41. The predicted octanol–water partition coefficient (Wildman–Crippen LogP) is 0.673. The number of para-hydroxylation sites is 4. The molecule has 0 aliphatic heterocycles. The highest BCUT2D eigenvalue weighted by Crippen LogP contribution is 2.14. The van der Waals surface area contributed by atoms with E-state index in [0.717, 1.165) is 11.0 Å². The summed E-state index contributed by atoms with van der Waals surface area (Å²) in [6.07, 6.45) is 1.17. The third kappa shape index (κ3) is 3.70. The molecule has 2 heterocycles. The molecule has 2 amide bonds. The lowest BCUT2D eigenvalue weighted by Gasteiger charge is -2.11. The van der Waals surface area contributed by atoms with Crippen LogP contribution in [0.1, 0.15) is 5.82 Å². The second kappa shape index (κ2) is 7.55. The van der Waals surface area contributed by atoms with Crippen LogP contribution >= 0.6 is 0 Å². The number of hydrogen-bond donors (Lipinski definition) is 2. The number of aromatic nitrogens is 4. The van der Waals surface area contributed by atoms with Gasteiger partial charge in [0.1, 0.15) is 12.4 Å². The molecule has 2 aromatic heterocycles. The van der Waals surface area contributed by atoms with Gasteiger partial charge in [-0.05, 0) is 24.3 Å². The van der Waals surface area contributed by atoms with Crippen LogP contribution in [0.4, 0.5) is 0 Å². The quantitative estimate of drug-likeness (QED) is 0.498. The molecule has 0 spiro atoms. The molecule has 0 aliphatic carbocycles. The molecule has 9 heteroatoms. The molecule has 0 saturated heterocycles. The number of rotatable bonds is 4. The van der Waals surface area contributed by atoms with E-state index >= 15 is 0 Å². The molecular weight excluding hydrogens is 372 g/mol. The molecule has 4 aromatic rings. The van der Waals surface area contributed by atoms with Gasteiger partial charge in [-0.25, -0.2) is 9.97 Å². The largest absolute Gasteiger partial charge is 0.331 e. The molecule has 0 saturated carbocycles. The molecule has 29 heavy (non-hydrogen) atoms. The van der Waals surface area contributed by atoms with Gasteiger partial charge in [0.15, 0.2) is 0 Å². The van der Waals surface area contributed by atoms with E-state index in [4.69, 9.17) is 0 Å². The fourth-order valence-electron chi connectivity index (χ4n) is 3.14. The highest BCUT2D eigenvalue weighted by atomic mass is 16.2. The van der Waals surface area contributed by atoms with E-state index in [1.165, 1.54) is 10.8 Å². The van der Waals surface area contributed by atoms with Crippen LogP contribution in [0, 0.1) is 0 Å². The summed E-state index contributed by atoms with van der Waals surface area (Å²) in [5.74, 6) is -0.361. The summed E-state index contributed by atoms with van der Waals surface area (Å²) in [6, 6.07) is 14.6. The smallest absolute Gasteiger partial charge is 0.269 e. The molecule has 4 rings (SSSR count).